The van der Waals surface area contributed by atoms with E-state index in [0.29, 0.717) is 6.04 Å². The second-order valence-corrected chi connectivity index (χ2v) is 5.72. The normalized spacial score (nSPS) is 16.4. The van der Waals surface area contributed by atoms with Crippen LogP contribution in [-0.4, -0.2) is 14.0 Å². The van der Waals surface area contributed by atoms with Gasteiger partial charge in [-0.25, -0.2) is 4.98 Å². The van der Waals surface area contributed by atoms with Crippen LogP contribution in [0.4, 0.5) is 0 Å². The third-order valence-electron chi connectivity index (χ3n) is 3.74. The molecular weight excluding hydrogens is 476 g/mol. The van der Waals surface area contributed by atoms with Crippen molar-refractivity contribution in [2.24, 2.45) is 0 Å². The van der Waals surface area contributed by atoms with E-state index in [4.69, 9.17) is 4.98 Å². The number of para-hydroxylation sites is 2. The fraction of sp³-hybridized carbons (Fsp3) is 0.200. The lowest BCUT2D eigenvalue weighted by Gasteiger charge is -2.20. The molecule has 0 spiro atoms. The van der Waals surface area contributed by atoms with Crippen molar-refractivity contribution in [2.45, 2.75) is 12.6 Å². The van der Waals surface area contributed by atoms with E-state index in [0.717, 1.165) is 22.3 Å². The fourth-order valence-electron chi connectivity index (χ4n) is 2.84. The van der Waals surface area contributed by atoms with Crippen molar-refractivity contribution in [1.82, 2.24) is 9.55 Å². The lowest BCUT2D eigenvalue weighted by atomic mass is 10.2. The average molecular weight is 489 g/mol. The van der Waals surface area contributed by atoms with Gasteiger partial charge < -0.3 is 28.5 Å². The zero-order chi connectivity index (χ0) is 12.8. The zero-order valence-corrected chi connectivity index (χ0v) is 15.0. The number of alkyl halides is 1. The van der Waals surface area contributed by atoms with Crippen LogP contribution in [0.2, 0.25) is 0 Å². The molecule has 0 saturated heterocycles. The number of fused-ring (bicyclic) bond motifs is 5. The molecule has 0 saturated carbocycles. The van der Waals surface area contributed by atoms with Crippen LogP contribution in [0.25, 0.3) is 22.6 Å². The van der Waals surface area contributed by atoms with Crippen LogP contribution in [0.15, 0.2) is 48.7 Å². The Morgan fingerprint density at radius 1 is 1.20 bits per heavy atom. The van der Waals surface area contributed by atoms with Gasteiger partial charge in [0, 0.05) is 12.1 Å². The molecule has 0 radical (unpaired) electrons. The maximum Gasteiger partial charge on any atom is 0.248 e. The number of pyridine rings is 1. The minimum Gasteiger partial charge on any atom is -1.00 e. The molecule has 20 heavy (non-hydrogen) atoms. The summed E-state index contributed by atoms with van der Waals surface area (Å²) >= 11 is 2.47. The van der Waals surface area contributed by atoms with E-state index in [1.165, 1.54) is 11.2 Å². The monoisotopic (exact) mass is 489 g/mol. The van der Waals surface area contributed by atoms with E-state index in [1.807, 2.05) is 0 Å². The molecule has 0 bridgehead atoms. The van der Waals surface area contributed by atoms with Gasteiger partial charge in [0.2, 0.25) is 11.5 Å². The van der Waals surface area contributed by atoms with E-state index in [2.05, 4.69) is 80.4 Å². The van der Waals surface area contributed by atoms with Crippen molar-refractivity contribution < 1.29 is 28.5 Å². The summed E-state index contributed by atoms with van der Waals surface area (Å²) in [6.45, 7) is 1.00. The molecular formula is C15H13I2N3. The second kappa shape index (κ2) is 5.59. The van der Waals surface area contributed by atoms with Crippen LogP contribution >= 0.6 is 22.6 Å². The van der Waals surface area contributed by atoms with Gasteiger partial charge in [0.15, 0.2) is 12.2 Å². The SMILES string of the molecule is ICC1Cn2c(nc3ccccc32)-c2cccc[n+]21.[I-]. The lowest BCUT2D eigenvalue weighted by Crippen LogP contribution is -3.00. The van der Waals surface area contributed by atoms with Crippen molar-refractivity contribution in [1.29, 1.82) is 0 Å². The van der Waals surface area contributed by atoms with E-state index in [9.17, 15) is 0 Å². The average Bonchev–Trinajstić information content (AvgIpc) is 2.85. The summed E-state index contributed by atoms with van der Waals surface area (Å²) < 4.78 is 5.81. The van der Waals surface area contributed by atoms with Gasteiger partial charge in [-0.2, -0.15) is 4.57 Å². The number of rotatable bonds is 1. The molecule has 0 amide bonds. The highest BCUT2D eigenvalue weighted by Gasteiger charge is 2.32. The van der Waals surface area contributed by atoms with Gasteiger partial charge in [-0.15, -0.1) is 0 Å². The number of imidazole rings is 1. The molecule has 3 heterocycles. The Kier molecular flexibility index (Phi) is 3.98. The van der Waals surface area contributed by atoms with Gasteiger partial charge in [0.1, 0.15) is 0 Å². The highest BCUT2D eigenvalue weighted by Crippen LogP contribution is 2.28. The van der Waals surface area contributed by atoms with Gasteiger partial charge in [-0.05, 0) is 18.2 Å². The van der Waals surface area contributed by atoms with Crippen molar-refractivity contribution in [3.05, 3.63) is 48.7 Å². The topological polar surface area (TPSA) is 21.7 Å². The van der Waals surface area contributed by atoms with E-state index in [1.54, 1.807) is 0 Å². The Balaban J connectivity index is 0.00000121. The van der Waals surface area contributed by atoms with Gasteiger partial charge in [0.05, 0.1) is 22.0 Å². The molecule has 1 unspecified atom stereocenters. The summed E-state index contributed by atoms with van der Waals surface area (Å²) in [5.74, 6) is 1.09. The minimum absolute atomic E-state index is 0. The van der Waals surface area contributed by atoms with Crippen LogP contribution in [0.5, 0.6) is 0 Å². The summed E-state index contributed by atoms with van der Waals surface area (Å²) in [4.78, 5) is 4.80. The molecule has 1 aromatic carbocycles. The molecule has 0 fully saturated rings. The first-order chi connectivity index (χ1) is 9.38. The molecule has 0 N–H and O–H groups in total. The van der Waals surface area contributed by atoms with Crippen LogP contribution in [0.3, 0.4) is 0 Å². The largest absolute Gasteiger partial charge is 1.00 e. The smallest absolute Gasteiger partial charge is 0.248 e. The maximum atomic E-state index is 4.80. The van der Waals surface area contributed by atoms with Gasteiger partial charge in [-0.1, -0.05) is 34.7 Å². The Morgan fingerprint density at radius 3 is 2.85 bits per heavy atom. The standard InChI is InChI=1S/C15H13IN3.HI/c16-9-11-10-19-13-6-2-1-5-12(13)17-15(19)14-7-3-4-8-18(11)14;/h1-8,11H,9-10H2;1H/q+1;/p-1. The number of benzene rings is 1. The first-order valence-electron chi connectivity index (χ1n) is 6.40. The van der Waals surface area contributed by atoms with Crippen LogP contribution in [-0.2, 0) is 6.54 Å². The molecule has 0 aliphatic carbocycles. The van der Waals surface area contributed by atoms with Gasteiger partial charge in [-0.3, -0.25) is 0 Å². The summed E-state index contributed by atoms with van der Waals surface area (Å²) in [5.41, 5.74) is 3.54. The molecule has 4 rings (SSSR count). The Hall–Kier alpha value is -0.700. The van der Waals surface area contributed by atoms with Gasteiger partial charge >= 0.3 is 0 Å². The number of halogens is 2. The Morgan fingerprint density at radius 2 is 2.00 bits per heavy atom. The summed E-state index contributed by atoms with van der Waals surface area (Å²) in [6, 6.07) is 15.2. The van der Waals surface area contributed by atoms with Crippen molar-refractivity contribution >= 4 is 33.6 Å². The molecule has 1 aliphatic rings. The van der Waals surface area contributed by atoms with E-state index < -0.39 is 0 Å². The molecule has 1 atom stereocenters. The first-order valence-corrected chi connectivity index (χ1v) is 7.93. The molecule has 5 heteroatoms. The number of hydrogen-bond donors (Lipinski definition) is 0. The molecule has 1 aliphatic heterocycles. The summed E-state index contributed by atoms with van der Waals surface area (Å²) in [7, 11) is 0. The van der Waals surface area contributed by atoms with Crippen molar-refractivity contribution in [3.63, 3.8) is 0 Å². The minimum atomic E-state index is 0. The van der Waals surface area contributed by atoms with Gasteiger partial charge in [0.25, 0.3) is 0 Å². The molecule has 102 valence electrons. The first kappa shape index (κ1) is 14.2. The predicted octanol–water partition coefficient (Wildman–Crippen LogP) is -0.0155. The van der Waals surface area contributed by atoms with E-state index >= 15 is 0 Å². The van der Waals surface area contributed by atoms with E-state index in [-0.39, 0.29) is 24.0 Å². The maximum absolute atomic E-state index is 4.80. The third kappa shape index (κ3) is 2.05. The zero-order valence-electron chi connectivity index (χ0n) is 10.7. The highest BCUT2D eigenvalue weighted by molar-refractivity contribution is 14.1. The Bertz CT molecular complexity index is 767. The molecule has 2 aromatic heterocycles. The summed E-state index contributed by atoms with van der Waals surface area (Å²) in [5, 5.41) is 0. The van der Waals surface area contributed by atoms with Crippen molar-refractivity contribution in [2.75, 3.05) is 4.43 Å². The highest BCUT2D eigenvalue weighted by atomic mass is 127. The van der Waals surface area contributed by atoms with Crippen LogP contribution < -0.4 is 28.5 Å². The number of hydrogen-bond acceptors (Lipinski definition) is 1. The van der Waals surface area contributed by atoms with Crippen molar-refractivity contribution in [3.8, 4) is 11.5 Å². The second-order valence-electron chi connectivity index (χ2n) is 4.84. The third-order valence-corrected chi connectivity index (χ3v) is 4.76. The number of aromatic nitrogens is 3. The molecule has 3 aromatic rings. The predicted molar refractivity (Wildman–Crippen MR) is 83.3 cm³/mol. The molecule has 3 nitrogen and oxygen atoms in total. The Labute approximate surface area is 148 Å². The number of nitrogens with zero attached hydrogens (tertiary/aromatic N) is 3. The lowest BCUT2D eigenvalue weighted by molar-refractivity contribution is -0.712. The van der Waals surface area contributed by atoms with Crippen LogP contribution in [0.1, 0.15) is 6.04 Å². The van der Waals surface area contributed by atoms with Crippen LogP contribution in [0, 0.1) is 0 Å². The summed E-state index contributed by atoms with van der Waals surface area (Å²) in [6.07, 6.45) is 2.17. The fourth-order valence-corrected chi connectivity index (χ4v) is 3.54. The quantitative estimate of drug-likeness (QED) is 0.268.